The van der Waals surface area contributed by atoms with Crippen molar-refractivity contribution in [3.05, 3.63) is 46.9 Å². The molecule has 5 atom stereocenters. The maximum absolute atomic E-state index is 13.9. The van der Waals surface area contributed by atoms with E-state index in [1.54, 1.807) is 18.9 Å². The largest absolute Gasteiger partial charge is 0.466 e. The van der Waals surface area contributed by atoms with Crippen LogP contribution in [0.2, 0.25) is 0 Å². The number of methoxy groups -OCH3 is 2. The van der Waals surface area contributed by atoms with Gasteiger partial charge in [0.1, 0.15) is 0 Å². The van der Waals surface area contributed by atoms with Crippen LogP contribution in [0.1, 0.15) is 39.2 Å². The summed E-state index contributed by atoms with van der Waals surface area (Å²) in [4.78, 5) is 12.7. The predicted octanol–water partition coefficient (Wildman–Crippen LogP) is 4.81. The van der Waals surface area contributed by atoms with E-state index in [2.05, 4.69) is 32.9 Å². The van der Waals surface area contributed by atoms with E-state index in [1.165, 1.54) is 18.7 Å². The molecule has 2 saturated carbocycles. The number of ether oxygens (including phenoxy) is 2. The average Bonchev–Trinajstić information content (AvgIpc) is 3.06. The molecule has 2 aliphatic rings. The average molecular weight is 451 g/mol. The molecular formula is C24H34O4S2. The number of hydrogen-bond donors (Lipinski definition) is 0. The predicted molar refractivity (Wildman–Crippen MR) is 125 cm³/mol. The molecule has 2 aliphatic carbocycles. The van der Waals surface area contributed by atoms with Crippen LogP contribution in [0.15, 0.2) is 41.3 Å². The molecule has 0 aliphatic heterocycles. The molecule has 0 heterocycles. The third kappa shape index (κ3) is 4.28. The molecule has 0 saturated heterocycles. The smallest absolute Gasteiger partial charge is 0.331 e. The van der Waals surface area contributed by atoms with Gasteiger partial charge in [-0.15, -0.1) is 0 Å². The van der Waals surface area contributed by atoms with Crippen molar-refractivity contribution in [2.75, 3.05) is 26.6 Å². The van der Waals surface area contributed by atoms with Gasteiger partial charge in [0.05, 0.1) is 24.5 Å². The fourth-order valence-corrected chi connectivity index (χ4v) is 9.11. The van der Waals surface area contributed by atoms with E-state index in [-0.39, 0.29) is 22.0 Å². The molecule has 166 valence electrons. The molecule has 0 amide bonds. The molecular weight excluding hydrogens is 416 g/mol. The molecule has 2 bridgehead atoms. The van der Waals surface area contributed by atoms with Crippen LogP contribution in [0.5, 0.6) is 0 Å². The van der Waals surface area contributed by atoms with Crippen LogP contribution in [0, 0.1) is 22.7 Å². The lowest BCUT2D eigenvalue weighted by Gasteiger charge is -2.40. The standard InChI is InChI=1S/C24H34O4S2/c1-23(2)19-11-12-24(23,3)20(14-27-4)22(19)30(26)18(13-21(25)28-5)16-29-15-17-9-7-6-8-10-17/h6-10,13,19-20,22H,11-12,14-16H2,1-5H3/b18-13+/t19-,20-,22-,24+,30?/m1/s1. The van der Waals surface area contributed by atoms with Crippen LogP contribution in [-0.4, -0.2) is 42.0 Å². The summed E-state index contributed by atoms with van der Waals surface area (Å²) in [5.74, 6) is 1.52. The highest BCUT2D eigenvalue weighted by molar-refractivity contribution is 8.00. The Morgan fingerprint density at radius 3 is 2.57 bits per heavy atom. The van der Waals surface area contributed by atoms with Crippen molar-refractivity contribution in [2.45, 2.75) is 44.6 Å². The highest BCUT2D eigenvalue weighted by Gasteiger charge is 2.67. The van der Waals surface area contributed by atoms with Crippen LogP contribution in [0.3, 0.4) is 0 Å². The third-order valence-corrected chi connectivity index (χ3v) is 10.8. The normalized spacial score (nSPS) is 31.0. The number of benzene rings is 1. The minimum absolute atomic E-state index is 0.00642. The summed E-state index contributed by atoms with van der Waals surface area (Å²) in [5, 5.41) is 0.00642. The van der Waals surface area contributed by atoms with E-state index in [4.69, 9.17) is 9.47 Å². The second-order valence-electron chi connectivity index (χ2n) is 9.22. The zero-order valence-corrected chi connectivity index (χ0v) is 20.3. The Morgan fingerprint density at radius 2 is 1.93 bits per heavy atom. The van der Waals surface area contributed by atoms with Gasteiger partial charge in [-0.05, 0) is 35.2 Å². The van der Waals surface area contributed by atoms with Gasteiger partial charge in [0, 0.05) is 40.8 Å². The van der Waals surface area contributed by atoms with E-state index < -0.39 is 16.8 Å². The van der Waals surface area contributed by atoms with Gasteiger partial charge in [0.15, 0.2) is 0 Å². The topological polar surface area (TPSA) is 52.6 Å². The van der Waals surface area contributed by atoms with Crippen molar-refractivity contribution < 1.29 is 18.5 Å². The molecule has 0 spiro atoms. The molecule has 1 aromatic rings. The number of rotatable bonds is 9. The van der Waals surface area contributed by atoms with E-state index in [9.17, 15) is 9.00 Å². The summed E-state index contributed by atoms with van der Waals surface area (Å²) in [6.07, 6.45) is 3.69. The van der Waals surface area contributed by atoms with Crippen molar-refractivity contribution in [3.63, 3.8) is 0 Å². The number of carbonyl (C=O) groups is 1. The van der Waals surface area contributed by atoms with Crippen LogP contribution < -0.4 is 0 Å². The molecule has 2 fully saturated rings. The summed E-state index contributed by atoms with van der Waals surface area (Å²) in [6, 6.07) is 10.2. The summed E-state index contributed by atoms with van der Waals surface area (Å²) < 4.78 is 24.4. The zero-order valence-electron chi connectivity index (χ0n) is 18.7. The van der Waals surface area contributed by atoms with Crippen molar-refractivity contribution >= 4 is 28.5 Å². The van der Waals surface area contributed by atoms with Crippen LogP contribution >= 0.6 is 11.8 Å². The maximum Gasteiger partial charge on any atom is 0.331 e. The van der Waals surface area contributed by atoms with Gasteiger partial charge < -0.3 is 9.47 Å². The lowest BCUT2D eigenvalue weighted by molar-refractivity contribution is -0.134. The van der Waals surface area contributed by atoms with Crippen molar-refractivity contribution in [1.82, 2.24) is 0 Å². The highest BCUT2D eigenvalue weighted by atomic mass is 32.2. The zero-order chi connectivity index (χ0) is 21.9. The van der Waals surface area contributed by atoms with Gasteiger partial charge in [0.2, 0.25) is 0 Å². The fraction of sp³-hybridized carbons (Fsp3) is 0.625. The van der Waals surface area contributed by atoms with Crippen molar-refractivity contribution in [1.29, 1.82) is 0 Å². The Bertz CT molecular complexity index is 805. The van der Waals surface area contributed by atoms with Crippen molar-refractivity contribution in [2.24, 2.45) is 22.7 Å². The Balaban J connectivity index is 1.83. The third-order valence-electron chi connectivity index (χ3n) is 7.67. The molecule has 0 aromatic heterocycles. The van der Waals surface area contributed by atoms with Gasteiger partial charge >= 0.3 is 5.97 Å². The first-order valence-corrected chi connectivity index (χ1v) is 12.9. The van der Waals surface area contributed by atoms with Gasteiger partial charge in [-0.25, -0.2) is 4.79 Å². The first kappa shape index (κ1) is 23.6. The number of carbonyl (C=O) groups excluding carboxylic acids is 1. The van der Waals surface area contributed by atoms with Crippen LogP contribution in [-0.2, 0) is 30.8 Å². The molecule has 1 unspecified atom stereocenters. The molecule has 6 heteroatoms. The van der Waals surface area contributed by atoms with E-state index >= 15 is 0 Å². The lowest BCUT2D eigenvalue weighted by atomic mass is 9.67. The van der Waals surface area contributed by atoms with E-state index in [0.717, 1.165) is 18.6 Å². The van der Waals surface area contributed by atoms with E-state index in [0.29, 0.717) is 23.2 Å². The van der Waals surface area contributed by atoms with Crippen LogP contribution in [0.4, 0.5) is 0 Å². The Hall–Kier alpha value is -1.11. The highest BCUT2D eigenvalue weighted by Crippen LogP contribution is 2.69. The Morgan fingerprint density at radius 1 is 1.23 bits per heavy atom. The Labute approximate surface area is 187 Å². The number of esters is 1. The summed E-state index contributed by atoms with van der Waals surface area (Å²) in [7, 11) is 1.84. The SMILES string of the molecule is COC[C@@H]1[C@H](S(=O)/C(=C/C(=O)OC)CSCc2ccccc2)[C@H]2CC[C@]1(C)C2(C)C. The van der Waals surface area contributed by atoms with Gasteiger partial charge in [0.25, 0.3) is 0 Å². The minimum atomic E-state index is -1.26. The quantitative estimate of drug-likeness (QED) is 0.399. The van der Waals surface area contributed by atoms with E-state index in [1.807, 2.05) is 18.2 Å². The van der Waals surface area contributed by atoms with Crippen molar-refractivity contribution in [3.8, 4) is 0 Å². The summed E-state index contributed by atoms with van der Waals surface area (Å²) >= 11 is 1.69. The van der Waals surface area contributed by atoms with Gasteiger partial charge in [-0.2, -0.15) is 11.8 Å². The number of thioether (sulfide) groups is 1. The summed E-state index contributed by atoms with van der Waals surface area (Å²) in [5.41, 5.74) is 1.42. The van der Waals surface area contributed by atoms with Crippen LogP contribution in [0.25, 0.3) is 0 Å². The maximum atomic E-state index is 13.9. The first-order valence-electron chi connectivity index (χ1n) is 10.6. The molecule has 0 radical (unpaired) electrons. The molecule has 30 heavy (non-hydrogen) atoms. The number of fused-ring (bicyclic) bond motifs is 2. The second kappa shape index (κ2) is 9.58. The molecule has 1 aromatic carbocycles. The lowest BCUT2D eigenvalue weighted by Crippen LogP contribution is -2.40. The Kier molecular flexibility index (Phi) is 7.52. The monoisotopic (exact) mass is 450 g/mol. The fourth-order valence-electron chi connectivity index (χ4n) is 5.57. The second-order valence-corrected chi connectivity index (χ2v) is 11.9. The minimum Gasteiger partial charge on any atom is -0.466 e. The van der Waals surface area contributed by atoms with Gasteiger partial charge in [-0.1, -0.05) is 51.1 Å². The van der Waals surface area contributed by atoms with Gasteiger partial charge in [-0.3, -0.25) is 4.21 Å². The number of hydrogen-bond acceptors (Lipinski definition) is 5. The molecule has 0 N–H and O–H groups in total. The molecule has 4 nitrogen and oxygen atoms in total. The summed E-state index contributed by atoms with van der Waals surface area (Å²) in [6.45, 7) is 7.58. The molecule has 3 rings (SSSR count). The first-order chi connectivity index (χ1) is 14.3.